The molecule has 31 heavy (non-hydrogen) atoms. The van der Waals surface area contributed by atoms with Crippen LogP contribution in [0, 0.1) is 11.7 Å². The van der Waals surface area contributed by atoms with Crippen molar-refractivity contribution in [2.45, 2.75) is 25.7 Å². The number of likely N-dealkylation sites (tertiary alicyclic amines) is 1. The predicted molar refractivity (Wildman–Crippen MR) is 120 cm³/mol. The van der Waals surface area contributed by atoms with Crippen LogP contribution in [-0.2, 0) is 6.42 Å². The zero-order valence-corrected chi connectivity index (χ0v) is 17.6. The van der Waals surface area contributed by atoms with Gasteiger partial charge in [-0.25, -0.2) is 4.39 Å². The maximum Gasteiger partial charge on any atom is 0.253 e. The van der Waals surface area contributed by atoms with E-state index in [4.69, 9.17) is 0 Å². The molecule has 1 fully saturated rings. The number of rotatable bonds is 4. The number of aromatic nitrogens is 2. The van der Waals surface area contributed by atoms with Gasteiger partial charge >= 0.3 is 0 Å². The highest BCUT2D eigenvalue weighted by Gasteiger charge is 2.26. The topological polar surface area (TPSA) is 52.2 Å². The third-order valence-electron chi connectivity index (χ3n) is 6.61. The van der Waals surface area contributed by atoms with Crippen molar-refractivity contribution < 1.29 is 9.18 Å². The number of aromatic amines is 1. The zero-order valence-electron chi connectivity index (χ0n) is 17.6. The van der Waals surface area contributed by atoms with Crippen molar-refractivity contribution in [1.82, 2.24) is 15.1 Å². The summed E-state index contributed by atoms with van der Waals surface area (Å²) in [6.07, 6.45) is 8.01. The Morgan fingerprint density at radius 2 is 1.94 bits per heavy atom. The number of carbonyl (C=O) groups is 1. The lowest BCUT2D eigenvalue weighted by atomic mass is 10.00. The minimum Gasteiger partial charge on any atom is -0.371 e. The van der Waals surface area contributed by atoms with Crippen molar-refractivity contribution >= 4 is 11.6 Å². The van der Waals surface area contributed by atoms with Gasteiger partial charge in [0.15, 0.2) is 0 Å². The summed E-state index contributed by atoms with van der Waals surface area (Å²) in [7, 11) is 0. The number of hydrogen-bond donors (Lipinski definition) is 1. The summed E-state index contributed by atoms with van der Waals surface area (Å²) in [5.74, 6) is 0.278. The van der Waals surface area contributed by atoms with Crippen molar-refractivity contribution in [3.63, 3.8) is 0 Å². The van der Waals surface area contributed by atoms with Gasteiger partial charge in [-0.05, 0) is 79.1 Å². The monoisotopic (exact) mass is 418 g/mol. The highest BCUT2D eigenvalue weighted by molar-refractivity contribution is 5.94. The van der Waals surface area contributed by atoms with E-state index in [2.05, 4.69) is 33.3 Å². The molecule has 3 heterocycles. The molecule has 0 aliphatic carbocycles. The zero-order chi connectivity index (χ0) is 21.2. The molecule has 6 heteroatoms. The first-order valence-electron chi connectivity index (χ1n) is 11.1. The minimum absolute atomic E-state index is 0.0129. The number of fused-ring (bicyclic) bond motifs is 1. The van der Waals surface area contributed by atoms with Crippen LogP contribution in [0.25, 0.3) is 11.1 Å². The summed E-state index contributed by atoms with van der Waals surface area (Å²) in [4.78, 5) is 17.2. The van der Waals surface area contributed by atoms with E-state index in [1.807, 2.05) is 17.3 Å². The van der Waals surface area contributed by atoms with Crippen LogP contribution in [0.2, 0.25) is 0 Å². The normalized spacial score (nSPS) is 18.7. The van der Waals surface area contributed by atoms with Crippen LogP contribution >= 0.6 is 0 Å². The fourth-order valence-electron chi connectivity index (χ4n) is 4.89. The lowest BCUT2D eigenvalue weighted by Crippen LogP contribution is -2.33. The molecular formula is C25H27FN4O. The third-order valence-corrected chi connectivity index (χ3v) is 6.61. The van der Waals surface area contributed by atoms with Crippen molar-refractivity contribution in [2.24, 2.45) is 5.92 Å². The van der Waals surface area contributed by atoms with Gasteiger partial charge in [-0.15, -0.1) is 0 Å². The number of amides is 1. The van der Waals surface area contributed by atoms with Gasteiger partial charge in [0.05, 0.1) is 6.20 Å². The number of carbonyl (C=O) groups excluding carboxylic acids is 1. The van der Waals surface area contributed by atoms with Gasteiger partial charge in [0.1, 0.15) is 5.82 Å². The first-order chi connectivity index (χ1) is 15.2. The largest absolute Gasteiger partial charge is 0.371 e. The fourth-order valence-corrected chi connectivity index (χ4v) is 4.89. The predicted octanol–water partition coefficient (Wildman–Crippen LogP) is 4.52. The van der Waals surface area contributed by atoms with E-state index in [9.17, 15) is 9.18 Å². The first kappa shape index (κ1) is 19.8. The van der Waals surface area contributed by atoms with Gasteiger partial charge in [0, 0.05) is 49.2 Å². The lowest BCUT2D eigenvalue weighted by Gasteiger charge is -2.25. The Hall–Kier alpha value is -3.15. The molecule has 5 rings (SSSR count). The van der Waals surface area contributed by atoms with E-state index in [-0.39, 0.29) is 11.7 Å². The number of hydrogen-bond acceptors (Lipinski definition) is 3. The second-order valence-corrected chi connectivity index (χ2v) is 8.62. The second kappa shape index (κ2) is 8.53. The van der Waals surface area contributed by atoms with Crippen molar-refractivity contribution in [3.05, 3.63) is 71.8 Å². The standard InChI is InChI=1S/C25H27FN4O/c26-23-6-3-19(4-7-23)25(31)29-11-1-2-18(9-12-29)17-30-13-10-21-14-20(5-8-24(21)30)22-15-27-28-16-22/h3-8,14-16,18H,1-2,9-13,17H2,(H,27,28). The second-order valence-electron chi connectivity index (χ2n) is 8.62. The van der Waals surface area contributed by atoms with Crippen LogP contribution in [0.15, 0.2) is 54.9 Å². The molecule has 0 radical (unpaired) electrons. The summed E-state index contributed by atoms with van der Waals surface area (Å²) in [5, 5.41) is 6.94. The van der Waals surface area contributed by atoms with Crippen LogP contribution < -0.4 is 4.90 Å². The van der Waals surface area contributed by atoms with Crippen LogP contribution in [-0.4, -0.2) is 47.2 Å². The molecule has 1 amide bonds. The Labute approximate surface area is 181 Å². The molecular weight excluding hydrogens is 391 g/mol. The summed E-state index contributed by atoms with van der Waals surface area (Å²) < 4.78 is 13.2. The number of benzene rings is 2. The minimum atomic E-state index is -0.310. The molecule has 5 nitrogen and oxygen atoms in total. The van der Waals surface area contributed by atoms with Gasteiger partial charge in [-0.1, -0.05) is 6.07 Å². The quantitative estimate of drug-likeness (QED) is 0.678. The average molecular weight is 419 g/mol. The van der Waals surface area contributed by atoms with Crippen molar-refractivity contribution in [1.29, 1.82) is 0 Å². The van der Waals surface area contributed by atoms with E-state index < -0.39 is 0 Å². The van der Waals surface area contributed by atoms with Crippen LogP contribution in [0.4, 0.5) is 10.1 Å². The van der Waals surface area contributed by atoms with Gasteiger partial charge in [0.2, 0.25) is 0 Å². The molecule has 1 saturated heterocycles. The van der Waals surface area contributed by atoms with Crippen molar-refractivity contribution in [3.8, 4) is 11.1 Å². The maximum atomic E-state index is 13.2. The molecule has 3 aromatic rings. The summed E-state index contributed by atoms with van der Waals surface area (Å²) in [5.41, 5.74) is 5.65. The molecule has 0 spiro atoms. The molecule has 0 saturated carbocycles. The Balaban J connectivity index is 1.21. The van der Waals surface area contributed by atoms with Gasteiger partial charge in [-0.2, -0.15) is 5.10 Å². The van der Waals surface area contributed by atoms with Crippen LogP contribution in [0.3, 0.4) is 0 Å². The molecule has 2 aliphatic heterocycles. The number of H-pyrrole nitrogens is 1. The molecule has 1 N–H and O–H groups in total. The van der Waals surface area contributed by atoms with E-state index in [1.165, 1.54) is 28.9 Å². The van der Waals surface area contributed by atoms with Crippen LogP contribution in [0.5, 0.6) is 0 Å². The summed E-state index contributed by atoms with van der Waals surface area (Å²) in [6.45, 7) is 3.63. The molecule has 1 atom stereocenters. The lowest BCUT2D eigenvalue weighted by molar-refractivity contribution is 0.0760. The molecule has 1 aromatic heterocycles. The van der Waals surface area contributed by atoms with E-state index >= 15 is 0 Å². The molecule has 160 valence electrons. The Bertz CT molecular complexity index is 1050. The fraction of sp³-hybridized carbons (Fsp3) is 0.360. The van der Waals surface area contributed by atoms with Crippen molar-refractivity contribution in [2.75, 3.05) is 31.1 Å². The van der Waals surface area contributed by atoms with E-state index in [0.29, 0.717) is 11.5 Å². The average Bonchev–Trinajstić information content (AvgIpc) is 3.40. The third kappa shape index (κ3) is 4.20. The number of halogens is 1. The molecule has 0 bridgehead atoms. The van der Waals surface area contributed by atoms with Gasteiger partial charge in [-0.3, -0.25) is 9.89 Å². The molecule has 2 aromatic carbocycles. The maximum absolute atomic E-state index is 13.2. The molecule has 2 aliphatic rings. The smallest absolute Gasteiger partial charge is 0.253 e. The number of nitrogens with one attached hydrogen (secondary N) is 1. The van der Waals surface area contributed by atoms with Gasteiger partial charge < -0.3 is 9.80 Å². The SMILES string of the molecule is O=C(c1ccc(F)cc1)N1CCCC(CN2CCc3cc(-c4cn[nH]c4)ccc32)CC1. The molecule has 1 unspecified atom stereocenters. The Kier molecular flexibility index (Phi) is 5.45. The summed E-state index contributed by atoms with van der Waals surface area (Å²) >= 11 is 0. The van der Waals surface area contributed by atoms with Gasteiger partial charge in [0.25, 0.3) is 5.91 Å². The number of anilines is 1. The first-order valence-corrected chi connectivity index (χ1v) is 11.1. The Morgan fingerprint density at radius 3 is 2.74 bits per heavy atom. The summed E-state index contributed by atoms with van der Waals surface area (Å²) in [6, 6.07) is 12.6. The number of nitrogens with zero attached hydrogens (tertiary/aromatic N) is 3. The van der Waals surface area contributed by atoms with E-state index in [1.54, 1.807) is 12.1 Å². The van der Waals surface area contributed by atoms with Crippen LogP contribution in [0.1, 0.15) is 35.2 Å². The highest BCUT2D eigenvalue weighted by Crippen LogP contribution is 2.33. The van der Waals surface area contributed by atoms with E-state index in [0.717, 1.165) is 57.4 Å². The Morgan fingerprint density at radius 1 is 1.06 bits per heavy atom. The highest BCUT2D eigenvalue weighted by atomic mass is 19.1.